The number of rotatable bonds is 6. The van der Waals surface area contributed by atoms with E-state index in [1.54, 1.807) is 30.3 Å². The minimum absolute atomic E-state index is 0.0723. The Balaban J connectivity index is 2.17. The van der Waals surface area contributed by atoms with Gasteiger partial charge in [0.2, 0.25) is 0 Å². The second-order valence-corrected chi connectivity index (χ2v) is 5.11. The molecule has 3 N–H and O–H groups in total. The van der Waals surface area contributed by atoms with Crippen LogP contribution in [0.15, 0.2) is 46.6 Å². The number of methoxy groups -OCH3 is 1. The number of nitrogens with two attached hydrogens (primary N) is 1. The van der Waals surface area contributed by atoms with Crippen LogP contribution in [0, 0.1) is 0 Å². The third-order valence-corrected chi connectivity index (χ3v) is 3.13. The standard InChI is InChI=1S/C17H19N5O4/c1-3-6-15(23)26-13-8-5-4-7-11(13)21-22-12-9-10-14(19-16(12)18)20-17(24)25-2/h4-5,7-10H,3,6H2,1-2H3,(H3,18,19,20,24)/b22-21+. The molecule has 0 radical (unpaired) electrons. The Labute approximate surface area is 150 Å². The second-order valence-electron chi connectivity index (χ2n) is 5.11. The maximum Gasteiger partial charge on any atom is 0.412 e. The lowest BCUT2D eigenvalue weighted by molar-refractivity contribution is -0.134. The molecule has 2 rings (SSSR count). The Hall–Kier alpha value is -3.49. The van der Waals surface area contributed by atoms with Crippen LogP contribution >= 0.6 is 0 Å². The van der Waals surface area contributed by atoms with Crippen molar-refractivity contribution in [1.29, 1.82) is 0 Å². The van der Waals surface area contributed by atoms with E-state index in [0.717, 1.165) is 0 Å². The quantitative estimate of drug-likeness (QED) is 0.457. The molecule has 1 aromatic carbocycles. The van der Waals surface area contributed by atoms with Crippen molar-refractivity contribution in [1.82, 2.24) is 4.98 Å². The van der Waals surface area contributed by atoms with Gasteiger partial charge >= 0.3 is 12.1 Å². The number of para-hydroxylation sites is 1. The van der Waals surface area contributed by atoms with E-state index in [-0.39, 0.29) is 17.6 Å². The highest BCUT2D eigenvalue weighted by Gasteiger charge is 2.09. The number of aromatic nitrogens is 1. The molecule has 0 saturated heterocycles. The summed E-state index contributed by atoms with van der Waals surface area (Å²) in [5.41, 5.74) is 6.50. The normalized spacial score (nSPS) is 10.5. The van der Waals surface area contributed by atoms with Gasteiger partial charge in [-0.25, -0.2) is 9.78 Å². The van der Waals surface area contributed by atoms with Crippen LogP contribution in [-0.2, 0) is 9.53 Å². The number of nitrogen functional groups attached to an aromatic ring is 1. The third kappa shape index (κ3) is 5.26. The number of carbonyl (C=O) groups excluding carboxylic acids is 2. The summed E-state index contributed by atoms with van der Waals surface area (Å²) in [6, 6.07) is 9.83. The van der Waals surface area contributed by atoms with Crippen molar-refractivity contribution >= 4 is 35.1 Å². The van der Waals surface area contributed by atoms with Gasteiger partial charge in [-0.2, -0.15) is 0 Å². The van der Waals surface area contributed by atoms with Crippen molar-refractivity contribution in [3.05, 3.63) is 36.4 Å². The fourth-order valence-electron chi connectivity index (χ4n) is 1.89. The molecular formula is C17H19N5O4. The van der Waals surface area contributed by atoms with E-state index in [9.17, 15) is 9.59 Å². The van der Waals surface area contributed by atoms with Gasteiger partial charge in [0, 0.05) is 6.42 Å². The van der Waals surface area contributed by atoms with Gasteiger partial charge in [-0.15, -0.1) is 10.2 Å². The number of hydrogen-bond donors (Lipinski definition) is 2. The van der Waals surface area contributed by atoms with E-state index in [1.807, 2.05) is 6.92 Å². The molecule has 9 heteroatoms. The predicted molar refractivity (Wildman–Crippen MR) is 95.8 cm³/mol. The molecule has 0 unspecified atom stereocenters. The number of nitrogens with one attached hydrogen (secondary N) is 1. The van der Waals surface area contributed by atoms with Gasteiger partial charge in [-0.05, 0) is 30.7 Å². The van der Waals surface area contributed by atoms with Crippen LogP contribution in [-0.4, -0.2) is 24.2 Å². The summed E-state index contributed by atoms with van der Waals surface area (Å²) in [6.45, 7) is 1.89. The number of anilines is 2. The molecule has 26 heavy (non-hydrogen) atoms. The maximum absolute atomic E-state index is 11.7. The average Bonchev–Trinajstić information content (AvgIpc) is 2.62. The molecule has 1 aromatic heterocycles. The zero-order valence-corrected chi connectivity index (χ0v) is 14.4. The molecule has 0 bridgehead atoms. The van der Waals surface area contributed by atoms with Gasteiger partial charge < -0.3 is 15.2 Å². The summed E-state index contributed by atoms with van der Waals surface area (Å²) in [5, 5.41) is 10.5. The fourth-order valence-corrected chi connectivity index (χ4v) is 1.89. The predicted octanol–water partition coefficient (Wildman–Crippen LogP) is 3.96. The van der Waals surface area contributed by atoms with E-state index in [4.69, 9.17) is 10.5 Å². The monoisotopic (exact) mass is 357 g/mol. The average molecular weight is 357 g/mol. The largest absolute Gasteiger partial charge is 0.453 e. The van der Waals surface area contributed by atoms with Crippen molar-refractivity contribution in [3.63, 3.8) is 0 Å². The summed E-state index contributed by atoms with van der Waals surface area (Å²) >= 11 is 0. The third-order valence-electron chi connectivity index (χ3n) is 3.13. The molecular weight excluding hydrogens is 338 g/mol. The lowest BCUT2D eigenvalue weighted by Gasteiger charge is -2.06. The first kappa shape index (κ1) is 18.8. The van der Waals surface area contributed by atoms with Crippen molar-refractivity contribution in [3.8, 4) is 5.75 Å². The SMILES string of the molecule is CCCC(=O)Oc1ccccc1/N=N/c1ccc(NC(=O)OC)nc1N. The number of esters is 1. The topological polar surface area (TPSA) is 128 Å². The first-order valence-electron chi connectivity index (χ1n) is 7.86. The van der Waals surface area contributed by atoms with Crippen LogP contribution in [0.4, 0.5) is 27.8 Å². The molecule has 1 heterocycles. The van der Waals surface area contributed by atoms with Crippen molar-refractivity contribution in [2.75, 3.05) is 18.2 Å². The van der Waals surface area contributed by atoms with Crippen LogP contribution in [0.2, 0.25) is 0 Å². The van der Waals surface area contributed by atoms with E-state index in [0.29, 0.717) is 30.0 Å². The number of pyridine rings is 1. The maximum atomic E-state index is 11.7. The number of amides is 1. The van der Waals surface area contributed by atoms with Crippen LogP contribution in [0.5, 0.6) is 5.75 Å². The van der Waals surface area contributed by atoms with E-state index in [2.05, 4.69) is 25.3 Å². The van der Waals surface area contributed by atoms with Crippen LogP contribution in [0.3, 0.4) is 0 Å². The molecule has 0 saturated carbocycles. The lowest BCUT2D eigenvalue weighted by atomic mass is 10.3. The first-order valence-corrected chi connectivity index (χ1v) is 7.86. The van der Waals surface area contributed by atoms with Gasteiger partial charge in [0.05, 0.1) is 7.11 Å². The zero-order chi connectivity index (χ0) is 18.9. The van der Waals surface area contributed by atoms with E-state index in [1.165, 1.54) is 13.2 Å². The molecule has 0 aliphatic carbocycles. The second kappa shape index (κ2) is 9.11. The van der Waals surface area contributed by atoms with Crippen molar-refractivity contribution < 1.29 is 19.1 Å². The molecule has 9 nitrogen and oxygen atoms in total. The number of azo groups is 1. The molecule has 0 spiro atoms. The minimum Gasteiger partial charge on any atom is -0.453 e. The molecule has 0 fully saturated rings. The number of benzene rings is 1. The summed E-state index contributed by atoms with van der Waals surface area (Å²) < 4.78 is 9.76. The molecule has 1 amide bonds. The van der Waals surface area contributed by atoms with Crippen LogP contribution in [0.1, 0.15) is 19.8 Å². The summed E-state index contributed by atoms with van der Waals surface area (Å²) in [5.74, 6) is 0.269. The Morgan fingerprint density at radius 1 is 1.15 bits per heavy atom. The molecule has 0 atom stereocenters. The number of hydrogen-bond acceptors (Lipinski definition) is 8. The van der Waals surface area contributed by atoms with Gasteiger partial charge in [-0.1, -0.05) is 19.1 Å². The van der Waals surface area contributed by atoms with Crippen molar-refractivity contribution in [2.45, 2.75) is 19.8 Å². The Morgan fingerprint density at radius 2 is 1.88 bits per heavy atom. The van der Waals surface area contributed by atoms with Gasteiger partial charge in [0.15, 0.2) is 11.6 Å². The minimum atomic E-state index is -0.658. The number of ether oxygens (including phenoxy) is 2. The Bertz CT molecular complexity index is 823. The fraction of sp³-hybridized carbons (Fsp3) is 0.235. The van der Waals surface area contributed by atoms with Crippen LogP contribution in [0.25, 0.3) is 0 Å². The summed E-state index contributed by atoms with van der Waals surface area (Å²) in [6.07, 6.45) is 0.349. The lowest BCUT2D eigenvalue weighted by Crippen LogP contribution is -2.12. The Kier molecular flexibility index (Phi) is 6.60. The first-order chi connectivity index (χ1) is 12.5. The molecule has 0 aliphatic rings. The van der Waals surface area contributed by atoms with Crippen LogP contribution < -0.4 is 15.8 Å². The highest BCUT2D eigenvalue weighted by Crippen LogP contribution is 2.30. The van der Waals surface area contributed by atoms with Gasteiger partial charge in [0.25, 0.3) is 0 Å². The highest BCUT2D eigenvalue weighted by molar-refractivity contribution is 5.84. The van der Waals surface area contributed by atoms with Gasteiger partial charge in [0.1, 0.15) is 17.2 Å². The van der Waals surface area contributed by atoms with E-state index >= 15 is 0 Å². The number of carbonyl (C=O) groups is 2. The molecule has 2 aromatic rings. The van der Waals surface area contributed by atoms with Gasteiger partial charge in [-0.3, -0.25) is 10.1 Å². The summed E-state index contributed by atoms with van der Waals surface area (Å²) in [7, 11) is 1.24. The highest BCUT2D eigenvalue weighted by atomic mass is 16.5. The molecule has 0 aliphatic heterocycles. The summed E-state index contributed by atoms with van der Waals surface area (Å²) in [4.78, 5) is 26.8. The zero-order valence-electron chi connectivity index (χ0n) is 14.4. The Morgan fingerprint density at radius 3 is 2.58 bits per heavy atom. The van der Waals surface area contributed by atoms with Crippen molar-refractivity contribution in [2.24, 2.45) is 10.2 Å². The number of nitrogens with zero attached hydrogens (tertiary/aromatic N) is 3. The molecule has 136 valence electrons. The smallest absolute Gasteiger partial charge is 0.412 e. The van der Waals surface area contributed by atoms with E-state index < -0.39 is 6.09 Å².